The number of esters is 1. The zero-order chi connectivity index (χ0) is 18.7. The summed E-state index contributed by atoms with van der Waals surface area (Å²) < 4.78 is 10.7. The maximum absolute atomic E-state index is 12.4. The van der Waals surface area contributed by atoms with E-state index in [1.165, 1.54) is 18.4 Å². The van der Waals surface area contributed by atoms with Gasteiger partial charge in [0, 0.05) is 25.1 Å². The van der Waals surface area contributed by atoms with Crippen LogP contribution in [0.5, 0.6) is 0 Å². The van der Waals surface area contributed by atoms with Gasteiger partial charge in [-0.15, -0.1) is 0 Å². The van der Waals surface area contributed by atoms with Gasteiger partial charge in [-0.2, -0.15) is 0 Å². The number of non-ortho nitro benzene ring substituents is 1. The molecule has 0 bridgehead atoms. The number of likely N-dealkylation sites (tertiary alicyclic amines) is 1. The molecule has 0 unspecified atom stereocenters. The van der Waals surface area contributed by atoms with Crippen LogP contribution in [0.3, 0.4) is 0 Å². The van der Waals surface area contributed by atoms with E-state index in [-0.39, 0.29) is 24.6 Å². The topological polar surface area (TPSA) is 103 Å². The van der Waals surface area contributed by atoms with Gasteiger partial charge in [0.2, 0.25) is 5.91 Å². The monoisotopic (exact) mass is 358 g/mol. The fraction of sp³-hybridized carbons (Fsp3) is 0.333. The number of hydrogen-bond acceptors (Lipinski definition) is 6. The predicted octanol–water partition coefficient (Wildman–Crippen LogP) is 2.84. The van der Waals surface area contributed by atoms with Gasteiger partial charge in [0.1, 0.15) is 11.9 Å². The molecule has 1 saturated heterocycles. The van der Waals surface area contributed by atoms with Crippen LogP contribution >= 0.6 is 0 Å². The Morgan fingerprint density at radius 3 is 2.92 bits per heavy atom. The first-order valence-electron chi connectivity index (χ1n) is 8.19. The lowest BCUT2D eigenvalue weighted by Gasteiger charge is -2.17. The van der Waals surface area contributed by atoms with Crippen molar-refractivity contribution in [3.63, 3.8) is 0 Å². The number of nitro benzene ring substituents is 1. The fourth-order valence-electron chi connectivity index (χ4n) is 2.90. The zero-order valence-corrected chi connectivity index (χ0v) is 14.2. The standard InChI is InChI=1S/C18H18N2O6/c1-12(13-4-2-5-15(8-13)20(23)24)26-18(22)14-9-17(21)19(10-14)11-16-6-3-7-25-16/h2-8,12,14H,9-11H2,1H3/t12-,14-/m0/s1. The number of furan rings is 1. The highest BCUT2D eigenvalue weighted by Gasteiger charge is 2.36. The van der Waals surface area contributed by atoms with Gasteiger partial charge in [-0.25, -0.2) is 0 Å². The summed E-state index contributed by atoms with van der Waals surface area (Å²) in [5.41, 5.74) is 0.468. The molecule has 0 aliphatic carbocycles. The van der Waals surface area contributed by atoms with E-state index in [9.17, 15) is 19.7 Å². The van der Waals surface area contributed by atoms with Crippen molar-refractivity contribution in [3.8, 4) is 0 Å². The van der Waals surface area contributed by atoms with Crippen LogP contribution in [0.2, 0.25) is 0 Å². The molecule has 8 nitrogen and oxygen atoms in total. The summed E-state index contributed by atoms with van der Waals surface area (Å²) in [7, 11) is 0. The Morgan fingerprint density at radius 1 is 1.42 bits per heavy atom. The molecule has 0 spiro atoms. The van der Waals surface area contributed by atoms with Crippen molar-refractivity contribution in [2.75, 3.05) is 6.54 Å². The number of benzene rings is 1. The summed E-state index contributed by atoms with van der Waals surface area (Å²) in [6.45, 7) is 2.23. The third-order valence-electron chi connectivity index (χ3n) is 4.32. The summed E-state index contributed by atoms with van der Waals surface area (Å²) in [5.74, 6) is -0.526. The number of nitro groups is 1. The molecule has 1 fully saturated rings. The average molecular weight is 358 g/mol. The molecule has 0 radical (unpaired) electrons. The summed E-state index contributed by atoms with van der Waals surface area (Å²) in [6.07, 6.45) is 0.973. The molecule has 0 N–H and O–H groups in total. The molecule has 8 heteroatoms. The Balaban J connectivity index is 1.60. The number of hydrogen-bond donors (Lipinski definition) is 0. The van der Waals surface area contributed by atoms with E-state index in [2.05, 4.69) is 0 Å². The first kappa shape index (κ1) is 17.7. The maximum Gasteiger partial charge on any atom is 0.311 e. The van der Waals surface area contributed by atoms with E-state index in [0.29, 0.717) is 17.9 Å². The number of ether oxygens (including phenoxy) is 1. The molecule has 2 atom stereocenters. The van der Waals surface area contributed by atoms with Gasteiger partial charge in [-0.3, -0.25) is 19.7 Å². The first-order chi connectivity index (χ1) is 12.4. The van der Waals surface area contributed by atoms with E-state index in [1.54, 1.807) is 36.1 Å². The highest BCUT2D eigenvalue weighted by atomic mass is 16.6. The molecule has 136 valence electrons. The highest BCUT2D eigenvalue weighted by Crippen LogP contribution is 2.26. The second kappa shape index (κ2) is 7.38. The number of rotatable bonds is 6. The third kappa shape index (κ3) is 3.90. The molecule has 1 aliphatic heterocycles. The van der Waals surface area contributed by atoms with Crippen molar-refractivity contribution >= 4 is 17.6 Å². The Hall–Kier alpha value is -3.16. The van der Waals surface area contributed by atoms with Crippen molar-refractivity contribution < 1.29 is 23.7 Å². The SMILES string of the molecule is C[C@H](OC(=O)[C@H]1CC(=O)N(Cc2ccco2)C1)c1cccc([N+](=O)[O-])c1. The smallest absolute Gasteiger partial charge is 0.311 e. The van der Waals surface area contributed by atoms with E-state index >= 15 is 0 Å². The number of nitrogens with zero attached hydrogens (tertiary/aromatic N) is 2. The Bertz CT molecular complexity index is 817. The largest absolute Gasteiger partial charge is 0.467 e. The molecule has 1 aliphatic rings. The fourth-order valence-corrected chi connectivity index (χ4v) is 2.90. The molecule has 3 rings (SSSR count). The Kier molecular flexibility index (Phi) is 5.01. The van der Waals surface area contributed by atoms with Gasteiger partial charge in [-0.05, 0) is 24.6 Å². The van der Waals surface area contributed by atoms with Crippen LogP contribution in [0.4, 0.5) is 5.69 Å². The van der Waals surface area contributed by atoms with Crippen LogP contribution in [0.25, 0.3) is 0 Å². The normalized spacial score (nSPS) is 18.0. The Labute approximate surface area is 149 Å². The van der Waals surface area contributed by atoms with E-state index in [4.69, 9.17) is 9.15 Å². The first-order valence-corrected chi connectivity index (χ1v) is 8.19. The summed E-state index contributed by atoms with van der Waals surface area (Å²) in [6, 6.07) is 9.46. The molecule has 0 saturated carbocycles. The minimum atomic E-state index is -0.642. The molecular formula is C18H18N2O6. The maximum atomic E-state index is 12.4. The molecule has 1 aromatic carbocycles. The highest BCUT2D eigenvalue weighted by molar-refractivity contribution is 5.86. The second-order valence-electron chi connectivity index (χ2n) is 6.19. The van der Waals surface area contributed by atoms with Gasteiger partial charge in [-0.1, -0.05) is 12.1 Å². The van der Waals surface area contributed by atoms with E-state index in [0.717, 1.165) is 0 Å². The molecule has 1 aromatic heterocycles. The van der Waals surface area contributed by atoms with E-state index in [1.807, 2.05) is 0 Å². The second-order valence-corrected chi connectivity index (χ2v) is 6.19. The molecule has 2 aromatic rings. The molecule has 26 heavy (non-hydrogen) atoms. The predicted molar refractivity (Wildman–Crippen MR) is 89.8 cm³/mol. The molecule has 2 heterocycles. The number of carbonyl (C=O) groups excluding carboxylic acids is 2. The van der Waals surface area contributed by atoms with Crippen LogP contribution in [0.15, 0.2) is 47.1 Å². The zero-order valence-electron chi connectivity index (χ0n) is 14.2. The van der Waals surface area contributed by atoms with Crippen molar-refractivity contribution in [2.45, 2.75) is 26.0 Å². The van der Waals surface area contributed by atoms with Gasteiger partial charge < -0.3 is 14.1 Å². The van der Waals surface area contributed by atoms with Crippen molar-refractivity contribution in [1.82, 2.24) is 4.90 Å². The minimum Gasteiger partial charge on any atom is -0.467 e. The minimum absolute atomic E-state index is 0.0638. The van der Waals surface area contributed by atoms with Crippen LogP contribution in [-0.4, -0.2) is 28.2 Å². The number of amides is 1. The summed E-state index contributed by atoms with van der Waals surface area (Å²) >= 11 is 0. The van der Waals surface area contributed by atoms with Crippen molar-refractivity contribution in [2.24, 2.45) is 5.92 Å². The van der Waals surface area contributed by atoms with Gasteiger partial charge in [0.25, 0.3) is 5.69 Å². The lowest BCUT2D eigenvalue weighted by molar-refractivity contribution is -0.385. The van der Waals surface area contributed by atoms with Crippen LogP contribution in [0, 0.1) is 16.0 Å². The quantitative estimate of drug-likeness (QED) is 0.447. The average Bonchev–Trinajstić information content (AvgIpc) is 3.25. The van der Waals surface area contributed by atoms with Crippen LogP contribution < -0.4 is 0 Å². The lowest BCUT2D eigenvalue weighted by atomic mass is 10.1. The van der Waals surface area contributed by atoms with E-state index < -0.39 is 22.9 Å². The van der Waals surface area contributed by atoms with Gasteiger partial charge >= 0.3 is 5.97 Å². The van der Waals surface area contributed by atoms with Gasteiger partial charge in [0.15, 0.2) is 0 Å². The summed E-state index contributed by atoms with van der Waals surface area (Å²) in [5, 5.41) is 10.9. The number of carbonyl (C=O) groups is 2. The van der Waals surface area contributed by atoms with Crippen LogP contribution in [0.1, 0.15) is 30.8 Å². The lowest BCUT2D eigenvalue weighted by Crippen LogP contribution is -2.26. The van der Waals surface area contributed by atoms with Crippen molar-refractivity contribution in [3.05, 3.63) is 64.1 Å². The molecule has 1 amide bonds. The molecular weight excluding hydrogens is 340 g/mol. The van der Waals surface area contributed by atoms with Crippen LogP contribution in [-0.2, 0) is 20.9 Å². The third-order valence-corrected chi connectivity index (χ3v) is 4.32. The summed E-state index contributed by atoms with van der Waals surface area (Å²) in [4.78, 5) is 36.4. The van der Waals surface area contributed by atoms with Crippen molar-refractivity contribution in [1.29, 1.82) is 0 Å². The Morgan fingerprint density at radius 2 is 2.23 bits per heavy atom. The van der Waals surface area contributed by atoms with Gasteiger partial charge in [0.05, 0.1) is 23.6 Å².